The summed E-state index contributed by atoms with van der Waals surface area (Å²) in [5.74, 6) is -0.893. The summed E-state index contributed by atoms with van der Waals surface area (Å²) in [6, 6.07) is 1.96. The molecule has 0 aliphatic rings. The van der Waals surface area contributed by atoms with Gasteiger partial charge in [-0.25, -0.2) is 4.39 Å². The molecule has 1 rings (SSSR count). The van der Waals surface area contributed by atoms with Crippen LogP contribution >= 0.6 is 0 Å². The van der Waals surface area contributed by atoms with Gasteiger partial charge < -0.3 is 9.29 Å². The van der Waals surface area contributed by atoms with Crippen molar-refractivity contribution in [2.24, 2.45) is 4.40 Å². The standard InChI is InChI=1S/C13H17FN2O4S/c1-8(15-21(19)13(2,3)4)9-6-11(16(17)18)12(20-5)7-10(9)14/h6-7H,1-5H3. The van der Waals surface area contributed by atoms with Crippen molar-refractivity contribution < 1.29 is 18.6 Å². The molecule has 0 aliphatic heterocycles. The van der Waals surface area contributed by atoms with Crippen molar-refractivity contribution in [1.82, 2.24) is 0 Å². The van der Waals surface area contributed by atoms with Crippen LogP contribution in [0.2, 0.25) is 0 Å². The van der Waals surface area contributed by atoms with Crippen LogP contribution in [-0.2, 0) is 11.4 Å². The van der Waals surface area contributed by atoms with Gasteiger partial charge in [0.25, 0.3) is 0 Å². The molecule has 1 atom stereocenters. The SMILES string of the molecule is COc1cc(F)c(C(C)=N[S+]([O-])C(C)(C)C)cc1[N+](=O)[O-]. The van der Waals surface area contributed by atoms with E-state index < -0.39 is 26.8 Å². The van der Waals surface area contributed by atoms with Gasteiger partial charge in [0.1, 0.15) is 21.9 Å². The highest BCUT2D eigenvalue weighted by Gasteiger charge is 2.28. The minimum absolute atomic E-state index is 0.0694. The lowest BCUT2D eigenvalue weighted by atomic mass is 10.1. The monoisotopic (exact) mass is 316 g/mol. The van der Waals surface area contributed by atoms with Crippen LogP contribution in [0.5, 0.6) is 5.75 Å². The lowest BCUT2D eigenvalue weighted by Gasteiger charge is -2.18. The number of nitro benzene ring substituents is 1. The zero-order valence-corrected chi connectivity index (χ0v) is 13.3. The van der Waals surface area contributed by atoms with Crippen LogP contribution in [-0.4, -0.2) is 27.0 Å². The summed E-state index contributed by atoms with van der Waals surface area (Å²) < 4.78 is 34.0. The third-order valence-corrected chi connectivity index (χ3v) is 4.09. The molecule has 0 amide bonds. The summed E-state index contributed by atoms with van der Waals surface area (Å²) in [7, 11) is 1.22. The Kier molecular flexibility index (Phi) is 5.30. The normalized spacial score (nSPS) is 14.0. The quantitative estimate of drug-likeness (QED) is 0.370. The molecule has 6 nitrogen and oxygen atoms in total. The van der Waals surface area contributed by atoms with Crippen LogP contribution in [0.4, 0.5) is 10.1 Å². The minimum Gasteiger partial charge on any atom is -0.591 e. The van der Waals surface area contributed by atoms with Gasteiger partial charge in [0, 0.05) is 17.7 Å². The summed E-state index contributed by atoms with van der Waals surface area (Å²) in [6.07, 6.45) is 0. The second-order valence-electron chi connectivity index (χ2n) is 5.30. The molecule has 0 heterocycles. The molecule has 0 N–H and O–H groups in total. The van der Waals surface area contributed by atoms with Crippen molar-refractivity contribution in [2.45, 2.75) is 32.4 Å². The van der Waals surface area contributed by atoms with Gasteiger partial charge in [-0.1, -0.05) is 4.40 Å². The van der Waals surface area contributed by atoms with E-state index in [1.807, 2.05) is 0 Å². The Bertz CT molecular complexity index is 584. The van der Waals surface area contributed by atoms with Crippen LogP contribution in [0.15, 0.2) is 16.5 Å². The second-order valence-corrected chi connectivity index (χ2v) is 7.20. The Balaban J connectivity index is 3.34. The molecule has 0 radical (unpaired) electrons. The number of rotatable bonds is 4. The van der Waals surface area contributed by atoms with E-state index in [-0.39, 0.29) is 22.7 Å². The summed E-state index contributed by atoms with van der Waals surface area (Å²) in [4.78, 5) is 10.3. The lowest BCUT2D eigenvalue weighted by Crippen LogP contribution is -2.26. The maximum absolute atomic E-state index is 14.0. The number of hydrogen-bond acceptors (Lipinski definition) is 5. The van der Waals surface area contributed by atoms with Crippen molar-refractivity contribution in [2.75, 3.05) is 7.11 Å². The van der Waals surface area contributed by atoms with Crippen molar-refractivity contribution in [3.8, 4) is 5.75 Å². The molecule has 1 unspecified atom stereocenters. The first kappa shape index (κ1) is 17.4. The summed E-state index contributed by atoms with van der Waals surface area (Å²) in [6.45, 7) is 6.64. The molecule has 0 saturated heterocycles. The molecule has 0 spiro atoms. The fourth-order valence-corrected chi connectivity index (χ4v) is 2.06. The van der Waals surface area contributed by atoms with Crippen LogP contribution in [0, 0.1) is 15.9 Å². The van der Waals surface area contributed by atoms with Gasteiger partial charge >= 0.3 is 5.69 Å². The smallest absolute Gasteiger partial charge is 0.311 e. The van der Waals surface area contributed by atoms with Gasteiger partial charge in [0.05, 0.1) is 17.7 Å². The Hall–Kier alpha value is -1.67. The molecule has 21 heavy (non-hydrogen) atoms. The maximum Gasteiger partial charge on any atom is 0.311 e. The molecule has 0 aromatic heterocycles. The van der Waals surface area contributed by atoms with Gasteiger partial charge in [0.2, 0.25) is 0 Å². The zero-order valence-electron chi connectivity index (χ0n) is 12.5. The van der Waals surface area contributed by atoms with E-state index in [2.05, 4.69) is 4.40 Å². The molecule has 8 heteroatoms. The first-order valence-corrected chi connectivity index (χ1v) is 7.18. The molecule has 0 fully saturated rings. The van der Waals surface area contributed by atoms with E-state index in [9.17, 15) is 19.1 Å². The van der Waals surface area contributed by atoms with Crippen molar-refractivity contribution >= 4 is 22.8 Å². The topological polar surface area (TPSA) is 87.8 Å². The Morgan fingerprint density at radius 3 is 2.43 bits per heavy atom. The van der Waals surface area contributed by atoms with Gasteiger partial charge in [-0.3, -0.25) is 10.1 Å². The predicted octanol–water partition coefficient (Wildman–Crippen LogP) is 3.01. The molecule has 116 valence electrons. The van der Waals surface area contributed by atoms with E-state index in [0.29, 0.717) is 0 Å². The molecule has 0 bridgehead atoms. The molecule has 1 aromatic carbocycles. The van der Waals surface area contributed by atoms with Gasteiger partial charge in [0.15, 0.2) is 5.75 Å². The fourth-order valence-electron chi connectivity index (χ4n) is 1.44. The largest absolute Gasteiger partial charge is 0.591 e. The van der Waals surface area contributed by atoms with Crippen molar-refractivity contribution in [1.29, 1.82) is 0 Å². The number of hydrogen-bond donors (Lipinski definition) is 0. The summed E-state index contributed by atoms with van der Waals surface area (Å²) in [5, 5.41) is 11.0. The third kappa shape index (κ3) is 4.15. The average Bonchev–Trinajstić information content (AvgIpc) is 2.36. The second kappa shape index (κ2) is 6.40. The third-order valence-electron chi connectivity index (χ3n) is 2.60. The average molecular weight is 316 g/mol. The van der Waals surface area contributed by atoms with E-state index >= 15 is 0 Å². The maximum atomic E-state index is 14.0. The molecule has 0 aliphatic carbocycles. The Labute approximate surface area is 125 Å². The number of nitro groups is 1. The first-order valence-electron chi connectivity index (χ1n) is 6.07. The van der Waals surface area contributed by atoms with E-state index in [0.717, 1.165) is 12.1 Å². The van der Waals surface area contributed by atoms with Crippen molar-refractivity contribution in [3.63, 3.8) is 0 Å². The molecule has 1 aromatic rings. The predicted molar refractivity (Wildman–Crippen MR) is 79.7 cm³/mol. The highest BCUT2D eigenvalue weighted by molar-refractivity contribution is 7.91. The van der Waals surface area contributed by atoms with Crippen LogP contribution in [0.25, 0.3) is 0 Å². The van der Waals surface area contributed by atoms with Gasteiger partial charge in [-0.05, 0) is 27.7 Å². The molecule has 0 saturated carbocycles. The van der Waals surface area contributed by atoms with E-state index in [1.165, 1.54) is 14.0 Å². The highest BCUT2D eigenvalue weighted by atomic mass is 32.2. The fraction of sp³-hybridized carbons (Fsp3) is 0.462. The highest BCUT2D eigenvalue weighted by Crippen LogP contribution is 2.30. The van der Waals surface area contributed by atoms with Crippen LogP contribution in [0.1, 0.15) is 33.3 Å². The lowest BCUT2D eigenvalue weighted by molar-refractivity contribution is -0.385. The zero-order chi connectivity index (χ0) is 16.4. The molecular weight excluding hydrogens is 299 g/mol. The summed E-state index contributed by atoms with van der Waals surface area (Å²) >= 11 is -1.58. The number of nitrogens with zero attached hydrogens (tertiary/aromatic N) is 2. The van der Waals surface area contributed by atoms with Crippen molar-refractivity contribution in [3.05, 3.63) is 33.6 Å². The van der Waals surface area contributed by atoms with E-state index in [4.69, 9.17) is 4.74 Å². The minimum atomic E-state index is -1.58. The summed E-state index contributed by atoms with van der Waals surface area (Å²) in [5.41, 5.74) is -0.309. The molecular formula is C13H17FN2O4S. The number of methoxy groups -OCH3 is 1. The Morgan fingerprint density at radius 2 is 2.00 bits per heavy atom. The van der Waals surface area contributed by atoms with E-state index in [1.54, 1.807) is 20.8 Å². The number of benzene rings is 1. The van der Waals surface area contributed by atoms with Gasteiger partial charge in [-0.2, -0.15) is 0 Å². The Morgan fingerprint density at radius 1 is 1.43 bits per heavy atom. The number of ether oxygens (including phenoxy) is 1. The van der Waals surface area contributed by atoms with Crippen LogP contribution in [0.3, 0.4) is 0 Å². The first-order chi connectivity index (χ1) is 9.57. The van der Waals surface area contributed by atoms with Gasteiger partial charge in [-0.15, -0.1) is 0 Å². The van der Waals surface area contributed by atoms with Crippen LogP contribution < -0.4 is 4.74 Å². The number of halogens is 1.